The third kappa shape index (κ3) is 3.16. The van der Waals surface area contributed by atoms with Gasteiger partial charge in [0, 0.05) is 31.9 Å². The van der Waals surface area contributed by atoms with E-state index in [4.69, 9.17) is 4.99 Å². The highest BCUT2D eigenvalue weighted by atomic mass is 15.3. The number of guanidine groups is 1. The summed E-state index contributed by atoms with van der Waals surface area (Å²) >= 11 is 0. The van der Waals surface area contributed by atoms with Gasteiger partial charge in [0.25, 0.3) is 0 Å². The first-order valence-electron chi connectivity index (χ1n) is 6.51. The molecule has 0 radical (unpaired) electrons. The van der Waals surface area contributed by atoms with Crippen molar-refractivity contribution in [3.8, 4) is 0 Å². The molecule has 1 N–H and O–H groups in total. The summed E-state index contributed by atoms with van der Waals surface area (Å²) in [6.07, 6.45) is 4.83. The molecule has 0 atom stereocenters. The standard InChI is InChI=1S/C13H22N4/c1-11-5-3-4-6-12(11)16-13(14-2)17-9-7-15-8-10-17/h15H,2-10H2,1H3. The van der Waals surface area contributed by atoms with Crippen molar-refractivity contribution in [2.45, 2.75) is 32.6 Å². The zero-order chi connectivity index (χ0) is 12.1. The number of aliphatic imine (C=N–C) groups is 2. The summed E-state index contributed by atoms with van der Waals surface area (Å²) in [5, 5.41) is 3.34. The molecular formula is C13H22N4. The summed E-state index contributed by atoms with van der Waals surface area (Å²) in [4.78, 5) is 11.0. The average Bonchev–Trinajstić information content (AvgIpc) is 2.39. The van der Waals surface area contributed by atoms with E-state index in [2.05, 4.69) is 28.9 Å². The number of nitrogens with zero attached hydrogens (tertiary/aromatic N) is 3. The molecule has 0 bridgehead atoms. The highest BCUT2D eigenvalue weighted by Gasteiger charge is 2.15. The smallest absolute Gasteiger partial charge is 0.225 e. The maximum Gasteiger partial charge on any atom is 0.225 e. The molecule has 0 unspecified atom stereocenters. The molecule has 0 amide bonds. The molecule has 1 aliphatic carbocycles. The van der Waals surface area contributed by atoms with E-state index in [0.717, 1.165) is 38.6 Å². The van der Waals surface area contributed by atoms with Crippen LogP contribution >= 0.6 is 0 Å². The predicted molar refractivity (Wildman–Crippen MR) is 72.6 cm³/mol. The maximum atomic E-state index is 4.72. The summed E-state index contributed by atoms with van der Waals surface area (Å²) in [5.41, 5.74) is 2.66. The minimum absolute atomic E-state index is 0.808. The summed E-state index contributed by atoms with van der Waals surface area (Å²) in [5.74, 6) is 0.808. The Kier molecular flexibility index (Phi) is 4.31. The lowest BCUT2D eigenvalue weighted by Gasteiger charge is -2.28. The molecule has 94 valence electrons. The van der Waals surface area contributed by atoms with Crippen molar-refractivity contribution in [2.24, 2.45) is 9.98 Å². The Labute approximate surface area is 104 Å². The third-order valence-electron chi connectivity index (χ3n) is 3.48. The molecule has 0 aromatic rings. The SMILES string of the molecule is C=NC(=NC1=C(C)CCCC1)N1CCNCC1. The van der Waals surface area contributed by atoms with Crippen LogP contribution in [0.15, 0.2) is 21.3 Å². The average molecular weight is 234 g/mol. The van der Waals surface area contributed by atoms with E-state index < -0.39 is 0 Å². The Morgan fingerprint density at radius 3 is 2.59 bits per heavy atom. The van der Waals surface area contributed by atoms with Crippen LogP contribution in [0.2, 0.25) is 0 Å². The van der Waals surface area contributed by atoms with Crippen molar-refractivity contribution in [3.05, 3.63) is 11.3 Å². The number of piperazine rings is 1. The van der Waals surface area contributed by atoms with E-state index in [0.29, 0.717) is 0 Å². The van der Waals surface area contributed by atoms with Crippen LogP contribution in [0.3, 0.4) is 0 Å². The number of hydrogen-bond donors (Lipinski definition) is 1. The Morgan fingerprint density at radius 1 is 1.24 bits per heavy atom. The summed E-state index contributed by atoms with van der Waals surface area (Å²) in [6.45, 7) is 9.82. The Bertz CT molecular complexity index is 337. The van der Waals surface area contributed by atoms with Gasteiger partial charge in [-0.25, -0.2) is 9.98 Å². The third-order valence-corrected chi connectivity index (χ3v) is 3.48. The summed E-state index contributed by atoms with van der Waals surface area (Å²) in [6, 6.07) is 0. The molecular weight excluding hydrogens is 212 g/mol. The second kappa shape index (κ2) is 5.96. The molecule has 0 spiro atoms. The summed E-state index contributed by atoms with van der Waals surface area (Å²) in [7, 11) is 0. The molecule has 1 heterocycles. The minimum Gasteiger partial charge on any atom is -0.338 e. The molecule has 1 fully saturated rings. The maximum absolute atomic E-state index is 4.72. The monoisotopic (exact) mass is 234 g/mol. The van der Waals surface area contributed by atoms with Crippen molar-refractivity contribution < 1.29 is 0 Å². The fourth-order valence-corrected chi connectivity index (χ4v) is 2.38. The number of allylic oxidation sites excluding steroid dienone is 2. The van der Waals surface area contributed by atoms with Gasteiger partial charge < -0.3 is 10.2 Å². The fourth-order valence-electron chi connectivity index (χ4n) is 2.38. The van der Waals surface area contributed by atoms with E-state index in [9.17, 15) is 0 Å². The topological polar surface area (TPSA) is 40.0 Å². The molecule has 0 aromatic carbocycles. The van der Waals surface area contributed by atoms with Crippen molar-refractivity contribution in [2.75, 3.05) is 26.2 Å². The fraction of sp³-hybridized carbons (Fsp3) is 0.692. The van der Waals surface area contributed by atoms with Crippen LogP contribution in [0.1, 0.15) is 32.6 Å². The lowest BCUT2D eigenvalue weighted by molar-refractivity contribution is 0.354. The van der Waals surface area contributed by atoms with Gasteiger partial charge in [-0.2, -0.15) is 0 Å². The van der Waals surface area contributed by atoms with Crippen molar-refractivity contribution in [3.63, 3.8) is 0 Å². The molecule has 1 saturated heterocycles. The van der Waals surface area contributed by atoms with Crippen LogP contribution in [-0.4, -0.2) is 43.8 Å². The van der Waals surface area contributed by atoms with E-state index in [1.165, 1.54) is 30.5 Å². The predicted octanol–water partition coefficient (Wildman–Crippen LogP) is 1.80. The van der Waals surface area contributed by atoms with Crippen molar-refractivity contribution in [1.29, 1.82) is 0 Å². The van der Waals surface area contributed by atoms with Crippen LogP contribution in [0.5, 0.6) is 0 Å². The minimum atomic E-state index is 0.808. The van der Waals surface area contributed by atoms with Gasteiger partial charge in [0.2, 0.25) is 5.96 Å². The first kappa shape index (κ1) is 12.3. The number of hydrogen-bond acceptors (Lipinski definition) is 2. The highest BCUT2D eigenvalue weighted by Crippen LogP contribution is 2.25. The molecule has 0 saturated carbocycles. The number of rotatable bonds is 1. The zero-order valence-electron chi connectivity index (χ0n) is 10.7. The van der Waals surface area contributed by atoms with Crippen LogP contribution in [-0.2, 0) is 0 Å². The summed E-state index contributed by atoms with van der Waals surface area (Å²) < 4.78 is 0. The van der Waals surface area contributed by atoms with Gasteiger partial charge in [-0.15, -0.1) is 0 Å². The van der Waals surface area contributed by atoms with Crippen LogP contribution in [0, 0.1) is 0 Å². The Hall–Kier alpha value is -1.16. The van der Waals surface area contributed by atoms with Gasteiger partial charge in [-0.05, 0) is 39.3 Å². The van der Waals surface area contributed by atoms with Gasteiger partial charge in [-0.3, -0.25) is 0 Å². The van der Waals surface area contributed by atoms with E-state index >= 15 is 0 Å². The molecule has 2 aliphatic rings. The first-order chi connectivity index (χ1) is 8.31. The van der Waals surface area contributed by atoms with Crippen molar-refractivity contribution in [1.82, 2.24) is 10.2 Å². The lowest BCUT2D eigenvalue weighted by atomic mass is 9.98. The van der Waals surface area contributed by atoms with Gasteiger partial charge in [-0.1, -0.05) is 5.57 Å². The second-order valence-electron chi connectivity index (χ2n) is 4.74. The van der Waals surface area contributed by atoms with Crippen LogP contribution < -0.4 is 5.32 Å². The molecule has 1 aliphatic heterocycles. The molecule has 17 heavy (non-hydrogen) atoms. The van der Waals surface area contributed by atoms with E-state index in [-0.39, 0.29) is 0 Å². The molecule has 4 nitrogen and oxygen atoms in total. The van der Waals surface area contributed by atoms with Gasteiger partial charge in [0.1, 0.15) is 0 Å². The van der Waals surface area contributed by atoms with Gasteiger partial charge in [0.05, 0.1) is 0 Å². The lowest BCUT2D eigenvalue weighted by Crippen LogP contribution is -2.46. The quantitative estimate of drug-likeness (QED) is 0.555. The van der Waals surface area contributed by atoms with Crippen LogP contribution in [0.25, 0.3) is 0 Å². The largest absolute Gasteiger partial charge is 0.338 e. The zero-order valence-corrected chi connectivity index (χ0v) is 10.7. The highest BCUT2D eigenvalue weighted by molar-refractivity contribution is 5.85. The van der Waals surface area contributed by atoms with Gasteiger partial charge >= 0.3 is 0 Å². The first-order valence-corrected chi connectivity index (χ1v) is 6.51. The van der Waals surface area contributed by atoms with E-state index in [1.807, 2.05) is 0 Å². The Morgan fingerprint density at radius 2 is 1.94 bits per heavy atom. The molecule has 2 rings (SSSR count). The van der Waals surface area contributed by atoms with E-state index in [1.54, 1.807) is 0 Å². The molecule has 0 aromatic heterocycles. The Balaban J connectivity index is 2.13. The van der Waals surface area contributed by atoms with Gasteiger partial charge in [0.15, 0.2) is 0 Å². The normalized spacial score (nSPS) is 22.9. The van der Waals surface area contributed by atoms with Crippen molar-refractivity contribution >= 4 is 12.7 Å². The van der Waals surface area contributed by atoms with Crippen LogP contribution in [0.4, 0.5) is 0 Å². The molecule has 4 heteroatoms. The number of nitrogens with one attached hydrogen (secondary N) is 1. The second-order valence-corrected chi connectivity index (χ2v) is 4.74.